The highest BCUT2D eigenvalue weighted by molar-refractivity contribution is 6.09. The molecule has 0 saturated carbocycles. The summed E-state index contributed by atoms with van der Waals surface area (Å²) in [6, 6.07) is 23.8. The first-order valence-corrected chi connectivity index (χ1v) is 10.0. The molecule has 3 aromatic rings. The van der Waals surface area contributed by atoms with Crippen LogP contribution < -0.4 is 21.0 Å². The Kier molecular flexibility index (Phi) is 6.43. The summed E-state index contributed by atoms with van der Waals surface area (Å²) in [6.45, 7) is 0. The lowest BCUT2D eigenvalue weighted by Gasteiger charge is -2.23. The Morgan fingerprint density at radius 1 is 0.969 bits per heavy atom. The monoisotopic (exact) mass is 430 g/mol. The number of ether oxygens (including phenoxy) is 1. The predicted octanol–water partition coefficient (Wildman–Crippen LogP) is 4.28. The number of benzene rings is 3. The Hall–Kier alpha value is -4.17. The summed E-state index contributed by atoms with van der Waals surface area (Å²) in [4.78, 5) is 28.9. The van der Waals surface area contributed by atoms with Crippen LogP contribution in [0.2, 0.25) is 0 Å². The summed E-state index contributed by atoms with van der Waals surface area (Å²) in [5.74, 6) is 0.151. The van der Waals surface area contributed by atoms with E-state index in [-0.39, 0.29) is 11.8 Å². The van der Waals surface area contributed by atoms with Gasteiger partial charge in [0.2, 0.25) is 5.91 Å². The number of rotatable bonds is 6. The smallest absolute Gasteiger partial charge is 0.410 e. The molecule has 0 spiro atoms. The van der Waals surface area contributed by atoms with Gasteiger partial charge in [0.25, 0.3) is 0 Å². The zero-order chi connectivity index (χ0) is 22.3. The molecule has 1 heterocycles. The topological polar surface area (TPSA) is 101 Å². The Morgan fingerprint density at radius 3 is 2.34 bits per heavy atom. The predicted molar refractivity (Wildman–Crippen MR) is 122 cm³/mol. The van der Waals surface area contributed by atoms with Crippen LogP contribution in [0.4, 0.5) is 16.2 Å². The number of carbonyl (C=O) groups is 2. The number of amides is 2. The molecule has 0 radical (unpaired) electrons. The van der Waals surface area contributed by atoms with Crippen LogP contribution in [0, 0.1) is 0 Å². The molecule has 0 saturated heterocycles. The Bertz CT molecular complexity index is 1110. The molecule has 0 aromatic heterocycles. The van der Waals surface area contributed by atoms with Gasteiger partial charge in [0.1, 0.15) is 5.75 Å². The van der Waals surface area contributed by atoms with E-state index in [1.807, 2.05) is 42.5 Å². The van der Waals surface area contributed by atoms with Gasteiger partial charge in [0.05, 0.1) is 18.5 Å². The zero-order valence-corrected chi connectivity index (χ0v) is 17.4. The number of hydrogen-bond acceptors (Lipinski definition) is 6. The van der Waals surface area contributed by atoms with Gasteiger partial charge in [-0.05, 0) is 47.5 Å². The molecule has 3 N–H and O–H groups in total. The van der Waals surface area contributed by atoms with Crippen molar-refractivity contribution in [1.82, 2.24) is 5.43 Å². The molecule has 1 aliphatic rings. The lowest BCUT2D eigenvalue weighted by Crippen LogP contribution is -2.32. The maximum Gasteiger partial charge on any atom is 0.417 e. The molecule has 0 bridgehead atoms. The Labute approximate surface area is 185 Å². The van der Waals surface area contributed by atoms with E-state index in [1.54, 1.807) is 36.4 Å². The fourth-order valence-electron chi connectivity index (χ4n) is 3.44. The fraction of sp³-hybridized carbons (Fsp3) is 0.125. The molecule has 8 nitrogen and oxygen atoms in total. The van der Waals surface area contributed by atoms with Crippen LogP contribution in [0.15, 0.2) is 84.0 Å². The summed E-state index contributed by atoms with van der Waals surface area (Å²) in [5, 5.41) is 7.00. The van der Waals surface area contributed by atoms with Crippen LogP contribution in [-0.2, 0) is 9.63 Å². The molecule has 1 aliphatic heterocycles. The van der Waals surface area contributed by atoms with Gasteiger partial charge >= 0.3 is 6.09 Å². The summed E-state index contributed by atoms with van der Waals surface area (Å²) >= 11 is 0. The van der Waals surface area contributed by atoms with Gasteiger partial charge in [-0.2, -0.15) is 5.10 Å². The van der Waals surface area contributed by atoms with Gasteiger partial charge in [-0.3, -0.25) is 20.4 Å². The minimum absolute atomic E-state index is 0.116. The van der Waals surface area contributed by atoms with Gasteiger partial charge < -0.3 is 4.74 Å². The number of hydrazone groups is 1. The highest BCUT2D eigenvalue weighted by Crippen LogP contribution is 2.28. The second kappa shape index (κ2) is 9.76. The molecule has 4 rings (SSSR count). The molecule has 162 valence electrons. The summed E-state index contributed by atoms with van der Waals surface area (Å²) in [5.41, 5.74) is 9.23. The third-order valence-corrected chi connectivity index (χ3v) is 4.93. The van der Waals surface area contributed by atoms with E-state index in [1.165, 1.54) is 7.11 Å². The maximum absolute atomic E-state index is 12.2. The van der Waals surface area contributed by atoms with Crippen molar-refractivity contribution in [3.63, 3.8) is 0 Å². The second-order valence-electron chi connectivity index (χ2n) is 7.12. The summed E-state index contributed by atoms with van der Waals surface area (Å²) in [7, 11) is 1.52. The Morgan fingerprint density at radius 2 is 1.66 bits per heavy atom. The first-order valence-electron chi connectivity index (χ1n) is 10.0. The fourth-order valence-corrected chi connectivity index (χ4v) is 3.44. The molecule has 8 heteroatoms. The molecule has 2 amide bonds. The van der Waals surface area contributed by atoms with Crippen molar-refractivity contribution in [1.29, 1.82) is 0 Å². The van der Waals surface area contributed by atoms with Crippen molar-refractivity contribution in [2.24, 2.45) is 5.10 Å². The third-order valence-electron chi connectivity index (χ3n) is 4.93. The van der Waals surface area contributed by atoms with Gasteiger partial charge in [-0.25, -0.2) is 10.2 Å². The number of hydrogen-bond donors (Lipinski definition) is 3. The van der Waals surface area contributed by atoms with Crippen molar-refractivity contribution in [2.75, 3.05) is 17.9 Å². The standard InChI is InChI=1S/C24H22N4O4/c1-31-28-19-11-13-20(14-12-19)32-24(30)25-18-9-7-17(8-10-18)23-21(15-22(29)26-27-23)16-5-3-2-4-6-16/h2-14,21,28H,15H2,1H3,(H,25,30)(H,26,29). The quantitative estimate of drug-likeness (QED) is 0.507. The molecule has 3 aromatic carbocycles. The van der Waals surface area contributed by atoms with Crippen LogP contribution in [0.3, 0.4) is 0 Å². The normalized spacial score (nSPS) is 15.3. The van der Waals surface area contributed by atoms with Gasteiger partial charge in [-0.15, -0.1) is 0 Å². The lowest BCUT2D eigenvalue weighted by molar-refractivity contribution is -0.121. The average Bonchev–Trinajstić information content (AvgIpc) is 2.82. The van der Waals surface area contributed by atoms with E-state index >= 15 is 0 Å². The van der Waals surface area contributed by atoms with E-state index in [0.29, 0.717) is 17.9 Å². The number of nitrogens with zero attached hydrogens (tertiary/aromatic N) is 1. The average molecular weight is 430 g/mol. The van der Waals surface area contributed by atoms with Crippen LogP contribution in [0.5, 0.6) is 5.75 Å². The van der Waals surface area contributed by atoms with Crippen LogP contribution in [0.1, 0.15) is 23.5 Å². The van der Waals surface area contributed by atoms with Crippen molar-refractivity contribution in [3.8, 4) is 5.75 Å². The molecular weight excluding hydrogens is 408 g/mol. The SMILES string of the molecule is CONc1ccc(OC(=O)Nc2ccc(C3=NNC(=O)CC3c3ccccc3)cc2)cc1. The number of nitrogens with one attached hydrogen (secondary N) is 3. The van der Waals surface area contributed by atoms with E-state index < -0.39 is 6.09 Å². The summed E-state index contributed by atoms with van der Waals surface area (Å²) in [6.07, 6.45) is -0.275. The van der Waals surface area contributed by atoms with Gasteiger partial charge in [0, 0.05) is 18.0 Å². The molecular formula is C24H22N4O4. The Balaban J connectivity index is 1.43. The van der Waals surface area contributed by atoms with E-state index in [0.717, 1.165) is 22.5 Å². The molecule has 1 unspecified atom stereocenters. The van der Waals surface area contributed by atoms with Crippen molar-refractivity contribution >= 4 is 29.1 Å². The van der Waals surface area contributed by atoms with Crippen molar-refractivity contribution < 1.29 is 19.2 Å². The zero-order valence-electron chi connectivity index (χ0n) is 17.4. The first kappa shape index (κ1) is 21.1. The lowest BCUT2D eigenvalue weighted by atomic mass is 9.86. The third kappa shape index (κ3) is 5.11. The van der Waals surface area contributed by atoms with Crippen molar-refractivity contribution in [3.05, 3.63) is 90.0 Å². The highest BCUT2D eigenvalue weighted by Gasteiger charge is 2.27. The van der Waals surface area contributed by atoms with E-state index in [9.17, 15) is 9.59 Å². The highest BCUT2D eigenvalue weighted by atomic mass is 16.6. The van der Waals surface area contributed by atoms with Gasteiger partial charge in [0.15, 0.2) is 0 Å². The number of carbonyl (C=O) groups excluding carboxylic acids is 2. The minimum atomic E-state index is -0.602. The number of anilines is 2. The van der Waals surface area contributed by atoms with E-state index in [4.69, 9.17) is 9.57 Å². The second-order valence-corrected chi connectivity index (χ2v) is 7.12. The first-order chi connectivity index (χ1) is 15.6. The van der Waals surface area contributed by atoms with Crippen LogP contribution >= 0.6 is 0 Å². The van der Waals surface area contributed by atoms with Gasteiger partial charge in [-0.1, -0.05) is 42.5 Å². The van der Waals surface area contributed by atoms with Crippen LogP contribution in [-0.4, -0.2) is 24.8 Å². The van der Waals surface area contributed by atoms with Crippen molar-refractivity contribution in [2.45, 2.75) is 12.3 Å². The molecule has 1 atom stereocenters. The van der Waals surface area contributed by atoms with Crippen LogP contribution in [0.25, 0.3) is 0 Å². The van der Waals surface area contributed by atoms with E-state index in [2.05, 4.69) is 21.3 Å². The molecule has 0 aliphatic carbocycles. The maximum atomic E-state index is 12.2. The minimum Gasteiger partial charge on any atom is -0.410 e. The molecule has 32 heavy (non-hydrogen) atoms. The largest absolute Gasteiger partial charge is 0.417 e. The summed E-state index contributed by atoms with van der Waals surface area (Å²) < 4.78 is 5.29. The molecule has 0 fully saturated rings.